The average molecular weight is 530 g/mol. The minimum absolute atomic E-state index is 0.419. The van der Waals surface area contributed by atoms with Crippen molar-refractivity contribution in [2.75, 3.05) is 4.90 Å². The number of carbonyl (C=O) groups is 2. The van der Waals surface area contributed by atoms with Gasteiger partial charge in [0, 0.05) is 17.1 Å². The maximum absolute atomic E-state index is 11.3. The van der Waals surface area contributed by atoms with Gasteiger partial charge in [0.15, 0.2) is 12.2 Å². The third-order valence-corrected chi connectivity index (χ3v) is 6.41. The lowest BCUT2D eigenvalue weighted by molar-refractivity contribution is -0.156. The number of hydrogen-bond acceptors (Lipinski definition) is 6. The molecule has 2 N–H and O–H groups in total. The molecule has 0 radical (unpaired) electrons. The molecule has 0 saturated carbocycles. The van der Waals surface area contributed by atoms with Crippen LogP contribution >= 0.6 is 0 Å². The number of aliphatic carboxylic acids is 2. The minimum atomic E-state index is -1.61. The van der Waals surface area contributed by atoms with Gasteiger partial charge in [0.2, 0.25) is 0 Å². The van der Waals surface area contributed by atoms with E-state index in [-0.39, 0.29) is 0 Å². The van der Waals surface area contributed by atoms with Gasteiger partial charge in [0.1, 0.15) is 0 Å². The van der Waals surface area contributed by atoms with E-state index in [2.05, 4.69) is 11.0 Å². The van der Waals surface area contributed by atoms with Gasteiger partial charge in [-0.1, -0.05) is 72.8 Å². The number of allylic oxidation sites excluding steroid dienone is 1. The minimum Gasteiger partial charge on any atom is -0.479 e. The Balaban J connectivity index is 1.37. The van der Waals surface area contributed by atoms with Gasteiger partial charge < -0.3 is 24.4 Å². The summed E-state index contributed by atoms with van der Waals surface area (Å²) in [5.74, 6) is -2.83. The van der Waals surface area contributed by atoms with Crippen LogP contribution in [0, 0.1) is 11.3 Å². The highest BCUT2D eigenvalue weighted by Gasteiger charge is 2.48. The molecule has 0 aliphatic carbocycles. The summed E-state index contributed by atoms with van der Waals surface area (Å²) in [6.07, 6.45) is -1.45. The van der Waals surface area contributed by atoms with Crippen LogP contribution in [0.1, 0.15) is 11.1 Å². The molecule has 1 heterocycles. The maximum Gasteiger partial charge on any atom is 0.495 e. The number of benzene rings is 4. The number of nitriles is 1. The third-order valence-electron chi connectivity index (χ3n) is 6.41. The summed E-state index contributed by atoms with van der Waals surface area (Å²) < 4.78 is 10.6. The highest BCUT2D eigenvalue weighted by molar-refractivity contribution is 6.62. The van der Waals surface area contributed by atoms with Gasteiger partial charge in [0.05, 0.1) is 11.6 Å². The van der Waals surface area contributed by atoms with Gasteiger partial charge in [-0.2, -0.15) is 5.26 Å². The zero-order valence-corrected chi connectivity index (χ0v) is 21.1. The summed E-state index contributed by atoms with van der Waals surface area (Å²) in [6, 6.07) is 36.8. The number of rotatable bonds is 8. The molecule has 0 bridgehead atoms. The zero-order valence-electron chi connectivity index (χ0n) is 21.1. The summed E-state index contributed by atoms with van der Waals surface area (Å²) in [7, 11) is -1.14. The molecule has 0 spiro atoms. The fraction of sp³-hybridized carbons (Fsp3) is 0.0645. The molecular formula is C31H23BN2O6. The van der Waals surface area contributed by atoms with Crippen LogP contribution in [0.3, 0.4) is 0 Å². The molecule has 2 atom stereocenters. The zero-order chi connectivity index (χ0) is 28.1. The summed E-state index contributed by atoms with van der Waals surface area (Å²) in [5, 5.41) is 28.3. The van der Waals surface area contributed by atoms with Gasteiger partial charge in [0.25, 0.3) is 0 Å². The Labute approximate surface area is 231 Å². The van der Waals surface area contributed by atoms with E-state index in [0.717, 1.165) is 22.6 Å². The van der Waals surface area contributed by atoms with E-state index >= 15 is 0 Å². The van der Waals surface area contributed by atoms with E-state index < -0.39 is 31.3 Å². The lowest BCUT2D eigenvalue weighted by Crippen LogP contribution is -2.36. The fourth-order valence-corrected chi connectivity index (χ4v) is 4.46. The molecule has 1 aliphatic rings. The van der Waals surface area contributed by atoms with E-state index in [1.54, 1.807) is 30.3 Å². The summed E-state index contributed by atoms with van der Waals surface area (Å²) in [5.41, 5.74) is 5.34. The number of carboxylic acid groups (broad SMARTS) is 2. The average Bonchev–Trinajstić information content (AvgIpc) is 3.45. The predicted molar refractivity (Wildman–Crippen MR) is 151 cm³/mol. The lowest BCUT2D eigenvalue weighted by Gasteiger charge is -2.25. The van der Waals surface area contributed by atoms with Crippen LogP contribution in [0.25, 0.3) is 11.6 Å². The number of carboxylic acids is 2. The third kappa shape index (κ3) is 5.64. The topological polar surface area (TPSA) is 120 Å². The molecule has 8 nitrogen and oxygen atoms in total. The van der Waals surface area contributed by atoms with Crippen molar-refractivity contribution < 1.29 is 29.1 Å². The molecule has 4 aromatic carbocycles. The van der Waals surface area contributed by atoms with Crippen molar-refractivity contribution in [1.29, 1.82) is 5.26 Å². The van der Waals surface area contributed by atoms with E-state index in [9.17, 15) is 25.1 Å². The van der Waals surface area contributed by atoms with Gasteiger partial charge in [-0.25, -0.2) is 9.59 Å². The molecule has 4 aromatic rings. The second kappa shape index (κ2) is 11.7. The number of para-hydroxylation sites is 2. The molecule has 0 amide bonds. The highest BCUT2D eigenvalue weighted by atomic mass is 16.7. The van der Waals surface area contributed by atoms with Crippen LogP contribution in [0.2, 0.25) is 0 Å². The molecule has 1 aliphatic heterocycles. The smallest absolute Gasteiger partial charge is 0.479 e. The summed E-state index contributed by atoms with van der Waals surface area (Å²) >= 11 is 0. The Hall–Kier alpha value is -5.17. The van der Waals surface area contributed by atoms with Gasteiger partial charge in [-0.05, 0) is 59.1 Å². The van der Waals surface area contributed by atoms with Crippen LogP contribution in [-0.4, -0.2) is 41.5 Å². The molecule has 1 saturated heterocycles. The molecule has 40 heavy (non-hydrogen) atoms. The Kier molecular flexibility index (Phi) is 7.74. The van der Waals surface area contributed by atoms with Crippen molar-refractivity contribution in [3.8, 4) is 6.07 Å². The van der Waals surface area contributed by atoms with E-state index in [1.165, 1.54) is 0 Å². The first-order valence-corrected chi connectivity index (χ1v) is 12.4. The number of nitrogens with zero attached hydrogens (tertiary/aromatic N) is 2. The molecule has 1 fully saturated rings. The second-order valence-corrected chi connectivity index (χ2v) is 9.01. The first kappa shape index (κ1) is 26.4. The first-order chi connectivity index (χ1) is 19.4. The van der Waals surface area contributed by atoms with Crippen molar-refractivity contribution in [3.63, 3.8) is 0 Å². The van der Waals surface area contributed by atoms with Crippen LogP contribution < -0.4 is 10.4 Å². The van der Waals surface area contributed by atoms with Crippen LogP contribution in [0.15, 0.2) is 109 Å². The summed E-state index contributed by atoms with van der Waals surface area (Å²) in [4.78, 5) is 24.8. The number of anilines is 3. The quantitative estimate of drug-likeness (QED) is 0.188. The monoisotopic (exact) mass is 530 g/mol. The fourth-order valence-electron chi connectivity index (χ4n) is 4.46. The number of hydrogen-bond donors (Lipinski definition) is 2. The van der Waals surface area contributed by atoms with Crippen LogP contribution in [-0.2, 0) is 18.9 Å². The maximum atomic E-state index is 11.3. The SMILES string of the molecule is N#C/C(=C/c1ccc(N(c2ccccc2)c2ccccc2)cc1)c1ccc(B2O[C@@H](C(=O)O)[C@H](C(=O)O)O2)cc1. The largest absolute Gasteiger partial charge is 0.495 e. The second-order valence-electron chi connectivity index (χ2n) is 9.01. The molecular weight excluding hydrogens is 507 g/mol. The van der Waals surface area contributed by atoms with Crippen LogP contribution in [0.4, 0.5) is 17.1 Å². The standard InChI is InChI=1S/C31H23BN2O6/c33-20-23(22-13-15-24(16-14-22)32-39-28(30(35)36)29(40-32)31(37)38)19-21-11-17-27(18-12-21)34(25-7-3-1-4-8-25)26-9-5-2-6-10-26/h1-19,28-29H,(H,35,36)(H,37,38)/b23-19-/t28-,29-/m1/s1. The Morgan fingerprint density at radius 3 is 1.65 bits per heavy atom. The molecule has 5 rings (SSSR count). The van der Waals surface area contributed by atoms with Crippen LogP contribution in [0.5, 0.6) is 0 Å². The van der Waals surface area contributed by atoms with E-state index in [0.29, 0.717) is 16.6 Å². The first-order valence-electron chi connectivity index (χ1n) is 12.4. The normalized spacial score (nSPS) is 16.8. The Bertz CT molecular complexity index is 1510. The van der Waals surface area contributed by atoms with Crippen molar-refractivity contribution >= 4 is 53.2 Å². The predicted octanol–water partition coefficient (Wildman–Crippen LogP) is 4.87. The molecule has 196 valence electrons. The Morgan fingerprint density at radius 2 is 1.20 bits per heavy atom. The van der Waals surface area contributed by atoms with Crippen molar-refractivity contribution in [2.45, 2.75) is 12.2 Å². The molecule has 0 unspecified atom stereocenters. The summed E-state index contributed by atoms with van der Waals surface area (Å²) in [6.45, 7) is 0. The highest BCUT2D eigenvalue weighted by Crippen LogP contribution is 2.34. The van der Waals surface area contributed by atoms with Gasteiger partial charge in [-0.3, -0.25) is 0 Å². The molecule has 9 heteroatoms. The van der Waals surface area contributed by atoms with Gasteiger partial charge >= 0.3 is 19.1 Å². The van der Waals surface area contributed by atoms with Gasteiger partial charge in [-0.15, -0.1) is 0 Å². The van der Waals surface area contributed by atoms with Crippen molar-refractivity contribution in [3.05, 3.63) is 120 Å². The molecule has 0 aromatic heterocycles. The lowest BCUT2D eigenvalue weighted by atomic mass is 9.79. The van der Waals surface area contributed by atoms with E-state index in [1.807, 2.05) is 84.9 Å². The van der Waals surface area contributed by atoms with Crippen molar-refractivity contribution in [1.82, 2.24) is 0 Å². The van der Waals surface area contributed by atoms with Crippen molar-refractivity contribution in [2.24, 2.45) is 0 Å². The van der Waals surface area contributed by atoms with E-state index in [4.69, 9.17) is 9.31 Å². The Morgan fingerprint density at radius 1 is 0.725 bits per heavy atom.